The molecule has 0 saturated heterocycles. The maximum atomic E-state index is 11.8. The molecule has 1 N–H and O–H groups in total. The van der Waals surface area contributed by atoms with Gasteiger partial charge in [0.1, 0.15) is 9.84 Å². The van der Waals surface area contributed by atoms with E-state index in [1.54, 1.807) is 0 Å². The van der Waals surface area contributed by atoms with Crippen LogP contribution in [0.25, 0.3) is 11.3 Å². The van der Waals surface area contributed by atoms with Gasteiger partial charge in [-0.25, -0.2) is 13.4 Å². The van der Waals surface area contributed by atoms with Gasteiger partial charge in [0.05, 0.1) is 11.4 Å². The SMILES string of the molecule is CS(=O)(=O)CCC(=O)Nc1nc(-c2ccc3c(c2)CCCC3)cs1. The van der Waals surface area contributed by atoms with Crippen molar-refractivity contribution in [1.82, 2.24) is 4.98 Å². The number of nitrogens with one attached hydrogen (secondary N) is 1. The maximum Gasteiger partial charge on any atom is 0.227 e. The van der Waals surface area contributed by atoms with E-state index in [0.717, 1.165) is 30.4 Å². The quantitative estimate of drug-likeness (QED) is 0.885. The summed E-state index contributed by atoms with van der Waals surface area (Å²) in [5.74, 6) is -0.478. The van der Waals surface area contributed by atoms with Crippen LogP contribution in [0.5, 0.6) is 0 Å². The first-order valence-electron chi connectivity index (χ1n) is 7.96. The Morgan fingerprint density at radius 3 is 2.75 bits per heavy atom. The predicted molar refractivity (Wildman–Crippen MR) is 97.1 cm³/mol. The lowest BCUT2D eigenvalue weighted by atomic mass is 9.90. The van der Waals surface area contributed by atoms with E-state index >= 15 is 0 Å². The van der Waals surface area contributed by atoms with Crippen LogP contribution in [0.2, 0.25) is 0 Å². The number of rotatable bonds is 5. The third-order valence-corrected chi connectivity index (χ3v) is 5.80. The van der Waals surface area contributed by atoms with Gasteiger partial charge in [-0.05, 0) is 42.9 Å². The Balaban J connectivity index is 1.68. The maximum absolute atomic E-state index is 11.8. The summed E-state index contributed by atoms with van der Waals surface area (Å²) in [6, 6.07) is 6.45. The average Bonchev–Trinajstić information content (AvgIpc) is 3.00. The first-order valence-corrected chi connectivity index (χ1v) is 10.9. The topological polar surface area (TPSA) is 76.1 Å². The molecule has 5 nitrogen and oxygen atoms in total. The number of amides is 1. The molecule has 3 rings (SSSR count). The van der Waals surface area contributed by atoms with Gasteiger partial charge in [0.2, 0.25) is 5.91 Å². The van der Waals surface area contributed by atoms with Gasteiger partial charge in [-0.2, -0.15) is 0 Å². The second-order valence-electron chi connectivity index (χ2n) is 6.16. The highest BCUT2D eigenvalue weighted by atomic mass is 32.2. The molecule has 0 radical (unpaired) electrons. The van der Waals surface area contributed by atoms with Crippen molar-refractivity contribution in [2.24, 2.45) is 0 Å². The highest BCUT2D eigenvalue weighted by Crippen LogP contribution is 2.29. The van der Waals surface area contributed by atoms with Gasteiger partial charge in [-0.3, -0.25) is 4.79 Å². The summed E-state index contributed by atoms with van der Waals surface area (Å²) in [6.45, 7) is 0. The number of aryl methyl sites for hydroxylation is 2. The van der Waals surface area contributed by atoms with E-state index < -0.39 is 9.84 Å². The average molecular weight is 364 g/mol. The van der Waals surface area contributed by atoms with Gasteiger partial charge >= 0.3 is 0 Å². The van der Waals surface area contributed by atoms with Gasteiger partial charge in [-0.15, -0.1) is 11.3 Å². The van der Waals surface area contributed by atoms with Crippen molar-refractivity contribution < 1.29 is 13.2 Å². The number of benzene rings is 1. The van der Waals surface area contributed by atoms with E-state index in [0.29, 0.717) is 5.13 Å². The molecule has 1 aliphatic carbocycles. The minimum atomic E-state index is -3.14. The zero-order valence-electron chi connectivity index (χ0n) is 13.5. The minimum absolute atomic E-state index is 0.0490. The lowest BCUT2D eigenvalue weighted by Crippen LogP contribution is -2.16. The van der Waals surface area contributed by atoms with Crippen LogP contribution in [-0.2, 0) is 27.5 Å². The largest absolute Gasteiger partial charge is 0.302 e. The molecule has 1 aromatic heterocycles. The molecule has 1 heterocycles. The van der Waals surface area contributed by atoms with Crippen LogP contribution in [0.15, 0.2) is 23.6 Å². The van der Waals surface area contributed by atoms with E-state index in [2.05, 4.69) is 28.5 Å². The molecule has 0 aliphatic heterocycles. The molecule has 2 aromatic rings. The van der Waals surface area contributed by atoms with Crippen molar-refractivity contribution in [1.29, 1.82) is 0 Å². The number of nitrogens with zero attached hydrogens (tertiary/aromatic N) is 1. The number of hydrogen-bond acceptors (Lipinski definition) is 5. The molecule has 0 fully saturated rings. The van der Waals surface area contributed by atoms with Crippen LogP contribution in [0.3, 0.4) is 0 Å². The Morgan fingerprint density at radius 1 is 1.25 bits per heavy atom. The number of carbonyl (C=O) groups excluding carboxylic acids is 1. The highest BCUT2D eigenvalue weighted by Gasteiger charge is 2.13. The molecule has 0 saturated carbocycles. The molecule has 1 aromatic carbocycles. The van der Waals surface area contributed by atoms with E-state index in [-0.39, 0.29) is 18.1 Å². The van der Waals surface area contributed by atoms with Crippen LogP contribution in [0.1, 0.15) is 30.4 Å². The van der Waals surface area contributed by atoms with Crippen LogP contribution in [0, 0.1) is 0 Å². The van der Waals surface area contributed by atoms with Gasteiger partial charge < -0.3 is 5.32 Å². The highest BCUT2D eigenvalue weighted by molar-refractivity contribution is 7.90. The number of thiazole rings is 1. The zero-order valence-corrected chi connectivity index (χ0v) is 15.2. The smallest absolute Gasteiger partial charge is 0.227 e. The number of aromatic nitrogens is 1. The molecule has 0 unspecified atom stereocenters. The number of hydrogen-bond donors (Lipinski definition) is 1. The Morgan fingerprint density at radius 2 is 2.00 bits per heavy atom. The van der Waals surface area contributed by atoms with E-state index in [1.807, 2.05) is 5.38 Å². The van der Waals surface area contributed by atoms with Crippen molar-refractivity contribution >= 4 is 32.2 Å². The van der Waals surface area contributed by atoms with Crippen LogP contribution in [0.4, 0.5) is 5.13 Å². The van der Waals surface area contributed by atoms with Crippen molar-refractivity contribution in [2.45, 2.75) is 32.1 Å². The molecule has 1 aliphatic rings. The number of sulfone groups is 1. The Labute approximate surface area is 146 Å². The number of carbonyl (C=O) groups is 1. The molecular weight excluding hydrogens is 344 g/mol. The molecule has 0 spiro atoms. The van der Waals surface area contributed by atoms with Crippen molar-refractivity contribution in [3.63, 3.8) is 0 Å². The monoisotopic (exact) mass is 364 g/mol. The van der Waals surface area contributed by atoms with Crippen molar-refractivity contribution in [2.75, 3.05) is 17.3 Å². The molecule has 1 amide bonds. The van der Waals surface area contributed by atoms with Crippen LogP contribution < -0.4 is 5.32 Å². The second-order valence-corrected chi connectivity index (χ2v) is 9.27. The third-order valence-electron chi connectivity index (χ3n) is 4.09. The second kappa shape index (κ2) is 7.03. The van der Waals surface area contributed by atoms with Crippen LogP contribution in [-0.4, -0.2) is 31.3 Å². The molecule has 7 heteroatoms. The first kappa shape index (κ1) is 17.1. The molecule has 128 valence electrons. The Bertz CT molecular complexity index is 856. The van der Waals surface area contributed by atoms with Crippen molar-refractivity contribution in [3.05, 3.63) is 34.7 Å². The minimum Gasteiger partial charge on any atom is -0.302 e. The molecule has 0 atom stereocenters. The summed E-state index contributed by atoms with van der Waals surface area (Å²) in [5, 5.41) is 5.09. The van der Waals surface area contributed by atoms with E-state index in [4.69, 9.17) is 0 Å². The summed E-state index contributed by atoms with van der Waals surface area (Å²) >= 11 is 1.35. The van der Waals surface area contributed by atoms with Gasteiger partial charge in [0.15, 0.2) is 5.13 Å². The standard InChI is InChI=1S/C17H20N2O3S2/c1-24(21,22)9-8-16(20)19-17-18-15(11-23-17)14-7-6-12-4-2-3-5-13(12)10-14/h6-7,10-11H,2-5,8-9H2,1H3,(H,18,19,20). The van der Waals surface area contributed by atoms with Gasteiger partial charge in [0.25, 0.3) is 0 Å². The Hall–Kier alpha value is -1.73. The summed E-state index contributed by atoms with van der Waals surface area (Å²) in [5.41, 5.74) is 4.72. The van der Waals surface area contributed by atoms with E-state index in [1.165, 1.54) is 35.3 Å². The summed E-state index contributed by atoms with van der Waals surface area (Å²) in [4.78, 5) is 16.2. The van der Waals surface area contributed by atoms with Gasteiger partial charge in [-0.1, -0.05) is 12.1 Å². The fourth-order valence-electron chi connectivity index (χ4n) is 2.82. The van der Waals surface area contributed by atoms with Crippen molar-refractivity contribution in [3.8, 4) is 11.3 Å². The molecular formula is C17H20N2O3S2. The normalized spacial score (nSPS) is 14.2. The predicted octanol–water partition coefficient (Wildman–Crippen LogP) is 3.06. The Kier molecular flexibility index (Phi) is 5.01. The fraction of sp³-hybridized carbons (Fsp3) is 0.412. The summed E-state index contributed by atoms with van der Waals surface area (Å²) in [6.07, 6.45) is 5.82. The first-order chi connectivity index (χ1) is 11.4. The number of fused-ring (bicyclic) bond motifs is 1. The van der Waals surface area contributed by atoms with Gasteiger partial charge in [0, 0.05) is 23.6 Å². The molecule has 0 bridgehead atoms. The fourth-order valence-corrected chi connectivity index (χ4v) is 4.11. The van der Waals surface area contributed by atoms with Crippen LogP contribution >= 0.6 is 11.3 Å². The zero-order chi connectivity index (χ0) is 17.2. The summed E-state index contributed by atoms with van der Waals surface area (Å²) < 4.78 is 22.2. The third kappa shape index (κ3) is 4.42. The lowest BCUT2D eigenvalue weighted by molar-refractivity contribution is -0.115. The summed E-state index contributed by atoms with van der Waals surface area (Å²) in [7, 11) is -3.14. The number of anilines is 1. The molecule has 24 heavy (non-hydrogen) atoms. The van der Waals surface area contributed by atoms with E-state index in [9.17, 15) is 13.2 Å². The lowest BCUT2D eigenvalue weighted by Gasteiger charge is -2.16.